The van der Waals surface area contributed by atoms with Gasteiger partial charge in [0.1, 0.15) is 0 Å². The summed E-state index contributed by atoms with van der Waals surface area (Å²) in [6, 6.07) is 0.501. The molecule has 2 saturated heterocycles. The lowest BCUT2D eigenvalue weighted by atomic mass is 9.93. The molecule has 0 radical (unpaired) electrons. The SMILES string of the molecule is CNC1COCC1CNC1(C)CCCOC1. The van der Waals surface area contributed by atoms with Crippen molar-refractivity contribution in [3.63, 3.8) is 0 Å². The summed E-state index contributed by atoms with van der Waals surface area (Å²) in [7, 11) is 2.01. The van der Waals surface area contributed by atoms with E-state index in [9.17, 15) is 0 Å². The minimum absolute atomic E-state index is 0.166. The van der Waals surface area contributed by atoms with E-state index >= 15 is 0 Å². The third-order valence-electron chi connectivity index (χ3n) is 3.80. The average molecular weight is 228 g/mol. The summed E-state index contributed by atoms with van der Waals surface area (Å²) in [5, 5.41) is 6.98. The summed E-state index contributed by atoms with van der Waals surface area (Å²) in [6.07, 6.45) is 2.38. The highest BCUT2D eigenvalue weighted by molar-refractivity contribution is 4.89. The Kier molecular flexibility index (Phi) is 4.19. The Hall–Kier alpha value is -0.160. The van der Waals surface area contributed by atoms with E-state index in [4.69, 9.17) is 9.47 Å². The molecular formula is C12H24N2O2. The van der Waals surface area contributed by atoms with Gasteiger partial charge in [0.25, 0.3) is 0 Å². The van der Waals surface area contributed by atoms with Crippen LogP contribution in [0.15, 0.2) is 0 Å². The first-order valence-electron chi connectivity index (χ1n) is 6.31. The number of nitrogens with one attached hydrogen (secondary N) is 2. The number of rotatable bonds is 4. The van der Waals surface area contributed by atoms with Crippen LogP contribution in [0.1, 0.15) is 19.8 Å². The zero-order valence-corrected chi connectivity index (χ0v) is 10.4. The maximum atomic E-state index is 5.54. The van der Waals surface area contributed by atoms with Crippen molar-refractivity contribution < 1.29 is 9.47 Å². The predicted molar refractivity (Wildman–Crippen MR) is 63.6 cm³/mol. The molecule has 2 rings (SSSR count). The highest BCUT2D eigenvalue weighted by Crippen LogP contribution is 2.20. The molecule has 2 aliphatic heterocycles. The van der Waals surface area contributed by atoms with Gasteiger partial charge in [-0.05, 0) is 26.8 Å². The van der Waals surface area contributed by atoms with E-state index in [0.717, 1.165) is 33.0 Å². The van der Waals surface area contributed by atoms with Crippen LogP contribution >= 0.6 is 0 Å². The fourth-order valence-corrected chi connectivity index (χ4v) is 2.57. The van der Waals surface area contributed by atoms with Gasteiger partial charge in [0.05, 0.1) is 19.8 Å². The van der Waals surface area contributed by atoms with Crippen molar-refractivity contribution in [2.24, 2.45) is 5.92 Å². The summed E-state index contributed by atoms with van der Waals surface area (Å²) in [5.74, 6) is 0.587. The average Bonchev–Trinajstić information content (AvgIpc) is 2.75. The van der Waals surface area contributed by atoms with E-state index in [-0.39, 0.29) is 5.54 Å². The molecule has 94 valence electrons. The molecule has 2 fully saturated rings. The van der Waals surface area contributed by atoms with Crippen LogP contribution < -0.4 is 10.6 Å². The Morgan fingerprint density at radius 1 is 1.31 bits per heavy atom. The molecule has 0 aromatic heterocycles. The molecule has 3 unspecified atom stereocenters. The molecule has 0 aromatic carbocycles. The summed E-state index contributed by atoms with van der Waals surface area (Å²) in [4.78, 5) is 0. The third kappa shape index (κ3) is 2.94. The molecule has 16 heavy (non-hydrogen) atoms. The molecule has 2 heterocycles. The highest BCUT2D eigenvalue weighted by Gasteiger charge is 2.31. The molecule has 0 saturated carbocycles. The summed E-state index contributed by atoms with van der Waals surface area (Å²) >= 11 is 0. The lowest BCUT2D eigenvalue weighted by Crippen LogP contribution is -2.52. The molecule has 0 amide bonds. The molecule has 0 aromatic rings. The summed E-state index contributed by atoms with van der Waals surface area (Å²) in [5.41, 5.74) is 0.166. The maximum absolute atomic E-state index is 5.54. The standard InChI is InChI=1S/C12H24N2O2/c1-12(4-3-5-15-9-12)14-6-10-7-16-8-11(10)13-2/h10-11,13-14H,3-9H2,1-2H3. The summed E-state index contributed by atoms with van der Waals surface area (Å²) < 4.78 is 11.0. The van der Waals surface area contributed by atoms with Gasteiger partial charge in [-0.3, -0.25) is 0 Å². The van der Waals surface area contributed by atoms with Crippen molar-refractivity contribution >= 4 is 0 Å². The van der Waals surface area contributed by atoms with Crippen LogP contribution in [0.4, 0.5) is 0 Å². The Balaban J connectivity index is 1.77. The molecule has 0 spiro atoms. The van der Waals surface area contributed by atoms with Crippen molar-refractivity contribution in [1.82, 2.24) is 10.6 Å². The molecule has 0 bridgehead atoms. The van der Waals surface area contributed by atoms with Gasteiger partial charge in [0.2, 0.25) is 0 Å². The predicted octanol–water partition coefficient (Wildman–Crippen LogP) is 0.379. The van der Waals surface area contributed by atoms with Gasteiger partial charge in [-0.15, -0.1) is 0 Å². The van der Waals surface area contributed by atoms with Crippen molar-refractivity contribution in [2.75, 3.05) is 40.0 Å². The monoisotopic (exact) mass is 228 g/mol. The Labute approximate surface area is 98.1 Å². The largest absolute Gasteiger partial charge is 0.380 e. The first-order chi connectivity index (χ1) is 7.73. The molecule has 4 heteroatoms. The van der Waals surface area contributed by atoms with Crippen LogP contribution in [0.5, 0.6) is 0 Å². The molecular weight excluding hydrogens is 204 g/mol. The molecule has 4 nitrogen and oxygen atoms in total. The number of hydrogen-bond acceptors (Lipinski definition) is 4. The molecule has 0 aliphatic carbocycles. The zero-order valence-electron chi connectivity index (χ0n) is 10.4. The second-order valence-electron chi connectivity index (χ2n) is 5.29. The number of hydrogen-bond donors (Lipinski definition) is 2. The smallest absolute Gasteiger partial charge is 0.0645 e. The van der Waals surface area contributed by atoms with Crippen LogP contribution in [0.25, 0.3) is 0 Å². The fourth-order valence-electron chi connectivity index (χ4n) is 2.57. The van der Waals surface area contributed by atoms with Gasteiger partial charge in [-0.1, -0.05) is 0 Å². The van der Waals surface area contributed by atoms with Crippen LogP contribution in [-0.4, -0.2) is 51.6 Å². The van der Waals surface area contributed by atoms with Crippen molar-refractivity contribution in [1.29, 1.82) is 0 Å². The van der Waals surface area contributed by atoms with E-state index in [1.54, 1.807) is 0 Å². The normalized spacial score (nSPS) is 40.1. The van der Waals surface area contributed by atoms with Gasteiger partial charge in [0, 0.05) is 30.7 Å². The van der Waals surface area contributed by atoms with Crippen molar-refractivity contribution in [3.05, 3.63) is 0 Å². The van der Waals surface area contributed by atoms with E-state index in [1.807, 2.05) is 7.05 Å². The second kappa shape index (κ2) is 5.45. The maximum Gasteiger partial charge on any atom is 0.0645 e. The summed E-state index contributed by atoms with van der Waals surface area (Å²) in [6.45, 7) is 6.75. The zero-order chi connectivity index (χ0) is 11.4. The van der Waals surface area contributed by atoms with Crippen molar-refractivity contribution in [2.45, 2.75) is 31.3 Å². The van der Waals surface area contributed by atoms with E-state index < -0.39 is 0 Å². The van der Waals surface area contributed by atoms with E-state index in [2.05, 4.69) is 17.6 Å². The van der Waals surface area contributed by atoms with E-state index in [1.165, 1.54) is 12.8 Å². The van der Waals surface area contributed by atoms with Crippen LogP contribution in [0.3, 0.4) is 0 Å². The lowest BCUT2D eigenvalue weighted by Gasteiger charge is -2.35. The van der Waals surface area contributed by atoms with Gasteiger partial charge in [-0.25, -0.2) is 0 Å². The Morgan fingerprint density at radius 2 is 2.19 bits per heavy atom. The molecule has 2 N–H and O–H groups in total. The van der Waals surface area contributed by atoms with Crippen molar-refractivity contribution in [3.8, 4) is 0 Å². The van der Waals surface area contributed by atoms with Crippen LogP contribution in [0.2, 0.25) is 0 Å². The quantitative estimate of drug-likeness (QED) is 0.730. The molecule has 3 atom stereocenters. The van der Waals surface area contributed by atoms with Gasteiger partial charge in [0.15, 0.2) is 0 Å². The minimum Gasteiger partial charge on any atom is -0.380 e. The first-order valence-corrected chi connectivity index (χ1v) is 6.31. The highest BCUT2D eigenvalue weighted by atomic mass is 16.5. The fraction of sp³-hybridized carbons (Fsp3) is 1.00. The topological polar surface area (TPSA) is 42.5 Å². The first kappa shape index (κ1) is 12.3. The van der Waals surface area contributed by atoms with Gasteiger partial charge in [-0.2, -0.15) is 0 Å². The number of likely N-dealkylation sites (N-methyl/N-ethyl adjacent to an activating group) is 1. The lowest BCUT2D eigenvalue weighted by molar-refractivity contribution is 0.0263. The van der Waals surface area contributed by atoms with E-state index in [0.29, 0.717) is 12.0 Å². The minimum atomic E-state index is 0.166. The Morgan fingerprint density at radius 3 is 2.88 bits per heavy atom. The Bertz CT molecular complexity index is 217. The second-order valence-corrected chi connectivity index (χ2v) is 5.29. The van der Waals surface area contributed by atoms with Gasteiger partial charge < -0.3 is 20.1 Å². The van der Waals surface area contributed by atoms with Crippen LogP contribution in [-0.2, 0) is 9.47 Å². The van der Waals surface area contributed by atoms with Crippen LogP contribution in [0, 0.1) is 5.92 Å². The third-order valence-corrected chi connectivity index (χ3v) is 3.80. The number of ether oxygens (including phenoxy) is 2. The molecule has 2 aliphatic rings. The van der Waals surface area contributed by atoms with Gasteiger partial charge >= 0.3 is 0 Å².